The summed E-state index contributed by atoms with van der Waals surface area (Å²) in [5.74, 6) is 1.38. The minimum atomic E-state index is 0.0358. The van der Waals surface area contributed by atoms with Gasteiger partial charge in [-0.25, -0.2) is 0 Å². The standard InChI is InChI=1S/C18H29N3O4/c1-23-16-4-3-15(13-17(16)24-2)14-20-18(22)5-6-19-7-8-21-9-11-25-12-10-21/h3-4,13,19H,5-12,14H2,1-2H3,(H,20,22). The SMILES string of the molecule is COc1ccc(CNC(=O)CCNCCN2CCOCC2)cc1OC. The third-order valence-corrected chi connectivity index (χ3v) is 4.17. The van der Waals surface area contributed by atoms with E-state index in [0.717, 1.165) is 45.0 Å². The van der Waals surface area contributed by atoms with Gasteiger partial charge in [-0.1, -0.05) is 6.07 Å². The molecule has 0 unspecified atom stereocenters. The zero-order valence-corrected chi connectivity index (χ0v) is 15.2. The van der Waals surface area contributed by atoms with E-state index in [1.54, 1.807) is 14.2 Å². The van der Waals surface area contributed by atoms with Crippen molar-refractivity contribution in [2.45, 2.75) is 13.0 Å². The highest BCUT2D eigenvalue weighted by Gasteiger charge is 2.09. The Labute approximate surface area is 149 Å². The normalized spacial score (nSPS) is 15.0. The van der Waals surface area contributed by atoms with Crippen molar-refractivity contribution in [3.63, 3.8) is 0 Å². The average Bonchev–Trinajstić information content (AvgIpc) is 2.66. The maximum atomic E-state index is 11.9. The molecule has 7 nitrogen and oxygen atoms in total. The first kappa shape index (κ1) is 19.5. The van der Waals surface area contributed by atoms with Gasteiger partial charge in [-0.15, -0.1) is 0 Å². The molecule has 2 rings (SSSR count). The Balaban J connectivity index is 1.59. The predicted octanol–water partition coefficient (Wildman–Crippen LogP) is 0.632. The van der Waals surface area contributed by atoms with Crippen LogP contribution in [0.4, 0.5) is 0 Å². The summed E-state index contributed by atoms with van der Waals surface area (Å²) in [6.07, 6.45) is 0.469. The van der Waals surface area contributed by atoms with Gasteiger partial charge in [-0.3, -0.25) is 9.69 Å². The Morgan fingerprint density at radius 3 is 2.64 bits per heavy atom. The summed E-state index contributed by atoms with van der Waals surface area (Å²) in [7, 11) is 3.20. The van der Waals surface area contributed by atoms with E-state index in [0.29, 0.717) is 31.0 Å². The van der Waals surface area contributed by atoms with Gasteiger partial charge in [-0.05, 0) is 17.7 Å². The molecule has 0 atom stereocenters. The second kappa shape index (κ2) is 10.9. The van der Waals surface area contributed by atoms with Crippen molar-refractivity contribution in [1.29, 1.82) is 0 Å². The van der Waals surface area contributed by atoms with E-state index >= 15 is 0 Å². The lowest BCUT2D eigenvalue weighted by Gasteiger charge is -2.26. The number of rotatable bonds is 10. The average molecular weight is 351 g/mol. The molecule has 1 fully saturated rings. The number of ether oxygens (including phenoxy) is 3. The van der Waals surface area contributed by atoms with E-state index in [1.807, 2.05) is 18.2 Å². The van der Waals surface area contributed by atoms with E-state index in [4.69, 9.17) is 14.2 Å². The van der Waals surface area contributed by atoms with Crippen molar-refractivity contribution in [1.82, 2.24) is 15.5 Å². The number of hydrogen-bond acceptors (Lipinski definition) is 6. The molecular formula is C18H29N3O4. The molecule has 0 spiro atoms. The fourth-order valence-corrected chi connectivity index (χ4v) is 2.67. The van der Waals surface area contributed by atoms with Crippen LogP contribution in [0.5, 0.6) is 11.5 Å². The first-order chi connectivity index (χ1) is 12.2. The van der Waals surface area contributed by atoms with Crippen molar-refractivity contribution in [2.75, 3.05) is 60.2 Å². The summed E-state index contributed by atoms with van der Waals surface area (Å²) in [4.78, 5) is 14.3. The van der Waals surface area contributed by atoms with Gasteiger partial charge in [0.2, 0.25) is 5.91 Å². The predicted molar refractivity (Wildman–Crippen MR) is 96.1 cm³/mol. The maximum absolute atomic E-state index is 11.9. The fourth-order valence-electron chi connectivity index (χ4n) is 2.67. The zero-order chi connectivity index (χ0) is 17.9. The summed E-state index contributed by atoms with van der Waals surface area (Å²) in [5, 5.41) is 6.24. The molecular weight excluding hydrogens is 322 g/mol. The van der Waals surface area contributed by atoms with Gasteiger partial charge in [0, 0.05) is 45.7 Å². The number of nitrogens with zero attached hydrogens (tertiary/aromatic N) is 1. The molecule has 1 saturated heterocycles. The lowest BCUT2D eigenvalue weighted by molar-refractivity contribution is -0.121. The van der Waals surface area contributed by atoms with Crippen molar-refractivity contribution in [3.8, 4) is 11.5 Å². The maximum Gasteiger partial charge on any atom is 0.221 e. The second-order valence-electron chi connectivity index (χ2n) is 5.92. The molecule has 1 heterocycles. The number of carbonyl (C=O) groups is 1. The molecule has 1 aliphatic heterocycles. The number of hydrogen-bond donors (Lipinski definition) is 2. The van der Waals surface area contributed by atoms with Gasteiger partial charge in [-0.2, -0.15) is 0 Å². The van der Waals surface area contributed by atoms with Gasteiger partial charge in [0.05, 0.1) is 27.4 Å². The van der Waals surface area contributed by atoms with Crippen LogP contribution in [0.2, 0.25) is 0 Å². The van der Waals surface area contributed by atoms with Crippen molar-refractivity contribution in [3.05, 3.63) is 23.8 Å². The molecule has 7 heteroatoms. The summed E-state index contributed by atoms with van der Waals surface area (Å²) in [5.41, 5.74) is 0.978. The smallest absolute Gasteiger partial charge is 0.221 e. The highest BCUT2D eigenvalue weighted by molar-refractivity contribution is 5.76. The Morgan fingerprint density at radius 2 is 1.92 bits per heavy atom. The summed E-state index contributed by atoms with van der Waals surface area (Å²) in [6.45, 7) is 6.67. The first-order valence-electron chi connectivity index (χ1n) is 8.71. The molecule has 1 amide bonds. The Kier molecular flexibility index (Phi) is 8.51. The fraction of sp³-hybridized carbons (Fsp3) is 0.611. The molecule has 0 saturated carbocycles. The Bertz CT molecular complexity index is 533. The quantitative estimate of drug-likeness (QED) is 0.603. The summed E-state index contributed by atoms with van der Waals surface area (Å²) >= 11 is 0. The highest BCUT2D eigenvalue weighted by Crippen LogP contribution is 2.27. The van der Waals surface area contributed by atoms with Gasteiger partial charge in [0.25, 0.3) is 0 Å². The van der Waals surface area contributed by atoms with Crippen molar-refractivity contribution >= 4 is 5.91 Å². The number of amides is 1. The van der Waals surface area contributed by atoms with E-state index in [2.05, 4.69) is 15.5 Å². The lowest BCUT2D eigenvalue weighted by Crippen LogP contribution is -2.40. The van der Waals surface area contributed by atoms with E-state index in [-0.39, 0.29) is 5.91 Å². The molecule has 0 radical (unpaired) electrons. The van der Waals surface area contributed by atoms with Crippen LogP contribution in [0.1, 0.15) is 12.0 Å². The number of morpholine rings is 1. The molecule has 0 aliphatic carbocycles. The third kappa shape index (κ3) is 6.89. The molecule has 1 aliphatic rings. The van der Waals surface area contributed by atoms with Crippen LogP contribution >= 0.6 is 0 Å². The highest BCUT2D eigenvalue weighted by atomic mass is 16.5. The van der Waals surface area contributed by atoms with Crippen LogP contribution in [0, 0.1) is 0 Å². The first-order valence-corrected chi connectivity index (χ1v) is 8.71. The van der Waals surface area contributed by atoms with Gasteiger partial charge >= 0.3 is 0 Å². The van der Waals surface area contributed by atoms with Crippen LogP contribution in [0.3, 0.4) is 0 Å². The largest absolute Gasteiger partial charge is 0.493 e. The van der Waals surface area contributed by atoms with E-state index < -0.39 is 0 Å². The lowest BCUT2D eigenvalue weighted by atomic mass is 10.2. The van der Waals surface area contributed by atoms with Crippen LogP contribution in [-0.4, -0.2) is 71.0 Å². The van der Waals surface area contributed by atoms with E-state index in [9.17, 15) is 4.79 Å². The molecule has 1 aromatic rings. The molecule has 0 aromatic heterocycles. The Morgan fingerprint density at radius 1 is 1.16 bits per heavy atom. The van der Waals surface area contributed by atoms with Crippen molar-refractivity contribution in [2.24, 2.45) is 0 Å². The van der Waals surface area contributed by atoms with Gasteiger partial charge < -0.3 is 24.8 Å². The molecule has 25 heavy (non-hydrogen) atoms. The number of nitrogens with one attached hydrogen (secondary N) is 2. The van der Waals surface area contributed by atoms with E-state index in [1.165, 1.54) is 0 Å². The third-order valence-electron chi connectivity index (χ3n) is 4.17. The molecule has 140 valence electrons. The van der Waals surface area contributed by atoms with Crippen LogP contribution in [0.25, 0.3) is 0 Å². The summed E-state index contributed by atoms with van der Waals surface area (Å²) < 4.78 is 15.8. The molecule has 2 N–H and O–H groups in total. The number of carbonyl (C=O) groups excluding carboxylic acids is 1. The molecule has 1 aromatic carbocycles. The summed E-state index contributed by atoms with van der Waals surface area (Å²) in [6, 6.07) is 5.63. The van der Waals surface area contributed by atoms with Gasteiger partial charge in [0.15, 0.2) is 11.5 Å². The van der Waals surface area contributed by atoms with Crippen molar-refractivity contribution < 1.29 is 19.0 Å². The van der Waals surface area contributed by atoms with Crippen LogP contribution in [0.15, 0.2) is 18.2 Å². The number of methoxy groups -OCH3 is 2. The molecule has 0 bridgehead atoms. The monoisotopic (exact) mass is 351 g/mol. The second-order valence-corrected chi connectivity index (χ2v) is 5.92. The van der Waals surface area contributed by atoms with Crippen LogP contribution in [-0.2, 0) is 16.1 Å². The zero-order valence-electron chi connectivity index (χ0n) is 15.2. The van der Waals surface area contributed by atoms with Crippen LogP contribution < -0.4 is 20.1 Å². The minimum Gasteiger partial charge on any atom is -0.493 e. The van der Waals surface area contributed by atoms with Gasteiger partial charge in [0.1, 0.15) is 0 Å². The topological polar surface area (TPSA) is 72.1 Å². The number of benzene rings is 1. The Hall–Kier alpha value is -1.83. The minimum absolute atomic E-state index is 0.0358.